The van der Waals surface area contributed by atoms with E-state index >= 15 is 0 Å². The fraction of sp³-hybridized carbons (Fsp3) is 0.500. The molecular formula is C12H19ClN2O2. The Kier molecular flexibility index (Phi) is 6.11. The minimum Gasteiger partial charge on any atom is -0.397 e. The van der Waals surface area contributed by atoms with Crippen LogP contribution < -0.4 is 10.6 Å². The number of nitrogens with zero attached hydrogens (tertiary/aromatic N) is 1. The predicted octanol–water partition coefficient (Wildman–Crippen LogP) is 2.02. The molecular weight excluding hydrogens is 240 g/mol. The molecule has 2 N–H and O–H groups in total. The van der Waals surface area contributed by atoms with Crippen molar-refractivity contribution in [3.8, 4) is 0 Å². The second kappa shape index (κ2) is 7.37. The monoisotopic (exact) mass is 258 g/mol. The highest BCUT2D eigenvalue weighted by molar-refractivity contribution is 6.31. The quantitative estimate of drug-likeness (QED) is 0.601. The zero-order valence-electron chi connectivity index (χ0n) is 10.3. The first-order valence-corrected chi connectivity index (χ1v) is 5.85. The first-order chi connectivity index (χ1) is 8.15. The number of nitrogen functional groups attached to an aromatic ring is 1. The molecule has 0 saturated carbocycles. The summed E-state index contributed by atoms with van der Waals surface area (Å²) >= 11 is 5.93. The van der Waals surface area contributed by atoms with Crippen molar-refractivity contribution in [2.45, 2.75) is 0 Å². The number of anilines is 2. The van der Waals surface area contributed by atoms with Crippen LogP contribution in [0.4, 0.5) is 11.4 Å². The summed E-state index contributed by atoms with van der Waals surface area (Å²) in [4.78, 5) is 2.02. The maximum Gasteiger partial charge on any atom is 0.0701 e. The fourth-order valence-electron chi connectivity index (χ4n) is 1.41. The summed E-state index contributed by atoms with van der Waals surface area (Å²) in [6.07, 6.45) is 0. The van der Waals surface area contributed by atoms with Crippen LogP contribution in [0.25, 0.3) is 0 Å². The van der Waals surface area contributed by atoms with E-state index in [1.165, 1.54) is 0 Å². The van der Waals surface area contributed by atoms with Gasteiger partial charge in [-0.3, -0.25) is 0 Å². The maximum absolute atomic E-state index is 5.93. The van der Waals surface area contributed by atoms with E-state index in [1.54, 1.807) is 19.2 Å². The van der Waals surface area contributed by atoms with Crippen molar-refractivity contribution in [3.05, 3.63) is 23.2 Å². The molecule has 5 heteroatoms. The molecule has 0 heterocycles. The number of ether oxygens (including phenoxy) is 2. The molecule has 17 heavy (non-hydrogen) atoms. The number of methoxy groups -OCH3 is 1. The minimum absolute atomic E-state index is 0.607. The summed E-state index contributed by atoms with van der Waals surface area (Å²) in [7, 11) is 3.61. The van der Waals surface area contributed by atoms with E-state index in [9.17, 15) is 0 Å². The smallest absolute Gasteiger partial charge is 0.0701 e. The van der Waals surface area contributed by atoms with Gasteiger partial charge in [-0.15, -0.1) is 0 Å². The molecule has 0 radical (unpaired) electrons. The normalized spacial score (nSPS) is 10.5. The SMILES string of the molecule is COCCOCCN(C)c1cc(Cl)ccc1N. The van der Waals surface area contributed by atoms with Crippen molar-refractivity contribution < 1.29 is 9.47 Å². The third kappa shape index (κ3) is 4.81. The van der Waals surface area contributed by atoms with E-state index in [0.717, 1.165) is 12.2 Å². The van der Waals surface area contributed by atoms with E-state index in [2.05, 4.69) is 0 Å². The lowest BCUT2D eigenvalue weighted by Crippen LogP contribution is -2.24. The molecule has 96 valence electrons. The number of nitrogens with two attached hydrogens (primary N) is 1. The van der Waals surface area contributed by atoms with Gasteiger partial charge in [-0.2, -0.15) is 0 Å². The first-order valence-electron chi connectivity index (χ1n) is 5.48. The third-order valence-electron chi connectivity index (χ3n) is 2.41. The largest absolute Gasteiger partial charge is 0.397 e. The lowest BCUT2D eigenvalue weighted by molar-refractivity contribution is 0.0744. The minimum atomic E-state index is 0.607. The molecule has 0 aromatic heterocycles. The second-order valence-corrected chi connectivity index (χ2v) is 4.17. The van der Waals surface area contributed by atoms with E-state index in [0.29, 0.717) is 30.5 Å². The molecule has 0 unspecified atom stereocenters. The van der Waals surface area contributed by atoms with Crippen LogP contribution in [0.1, 0.15) is 0 Å². The highest BCUT2D eigenvalue weighted by atomic mass is 35.5. The van der Waals surface area contributed by atoms with Crippen LogP contribution in [0.3, 0.4) is 0 Å². The van der Waals surface area contributed by atoms with Crippen molar-refractivity contribution in [2.75, 3.05) is 51.2 Å². The molecule has 0 amide bonds. The molecule has 0 fully saturated rings. The first kappa shape index (κ1) is 14.1. The highest BCUT2D eigenvalue weighted by Gasteiger charge is 2.05. The Morgan fingerprint density at radius 3 is 2.76 bits per heavy atom. The van der Waals surface area contributed by atoms with Crippen LogP contribution in [-0.2, 0) is 9.47 Å². The number of likely N-dealkylation sites (N-methyl/N-ethyl adjacent to an activating group) is 1. The Bertz CT molecular complexity index is 347. The van der Waals surface area contributed by atoms with Crippen molar-refractivity contribution in [1.29, 1.82) is 0 Å². The topological polar surface area (TPSA) is 47.7 Å². The zero-order valence-corrected chi connectivity index (χ0v) is 11.0. The molecule has 0 spiro atoms. The Morgan fingerprint density at radius 1 is 1.29 bits per heavy atom. The molecule has 0 aliphatic carbocycles. The van der Waals surface area contributed by atoms with Crippen LogP contribution >= 0.6 is 11.6 Å². The Morgan fingerprint density at radius 2 is 2.06 bits per heavy atom. The van der Waals surface area contributed by atoms with Gasteiger partial charge in [-0.25, -0.2) is 0 Å². The Labute approximate surface area is 107 Å². The van der Waals surface area contributed by atoms with Gasteiger partial charge in [0.05, 0.1) is 31.2 Å². The lowest BCUT2D eigenvalue weighted by Gasteiger charge is -2.21. The van der Waals surface area contributed by atoms with Gasteiger partial charge in [0, 0.05) is 25.7 Å². The number of benzene rings is 1. The maximum atomic E-state index is 5.93. The number of hydrogen-bond acceptors (Lipinski definition) is 4. The molecule has 0 bridgehead atoms. The van der Waals surface area contributed by atoms with E-state index in [1.807, 2.05) is 18.0 Å². The molecule has 1 aromatic rings. The van der Waals surface area contributed by atoms with E-state index in [4.69, 9.17) is 26.8 Å². The number of hydrogen-bond donors (Lipinski definition) is 1. The van der Waals surface area contributed by atoms with Crippen LogP contribution in [0.2, 0.25) is 5.02 Å². The Balaban J connectivity index is 2.41. The van der Waals surface area contributed by atoms with Gasteiger partial charge in [0.1, 0.15) is 0 Å². The zero-order chi connectivity index (χ0) is 12.7. The van der Waals surface area contributed by atoms with Gasteiger partial charge in [0.2, 0.25) is 0 Å². The van der Waals surface area contributed by atoms with Crippen LogP contribution in [-0.4, -0.2) is 40.5 Å². The standard InChI is InChI=1S/C12H19ClN2O2/c1-15(5-6-17-8-7-16-2)12-9-10(13)3-4-11(12)14/h3-4,9H,5-8,14H2,1-2H3. The van der Waals surface area contributed by atoms with Gasteiger partial charge >= 0.3 is 0 Å². The van der Waals surface area contributed by atoms with Crippen molar-refractivity contribution in [3.63, 3.8) is 0 Å². The van der Waals surface area contributed by atoms with Crippen molar-refractivity contribution >= 4 is 23.0 Å². The van der Waals surface area contributed by atoms with Crippen LogP contribution in [0, 0.1) is 0 Å². The predicted molar refractivity (Wildman–Crippen MR) is 71.8 cm³/mol. The molecule has 0 aliphatic heterocycles. The summed E-state index contributed by atoms with van der Waals surface area (Å²) in [5.74, 6) is 0. The van der Waals surface area contributed by atoms with Gasteiger partial charge < -0.3 is 20.1 Å². The number of rotatable bonds is 7. The summed E-state index contributed by atoms with van der Waals surface area (Å²) in [6, 6.07) is 5.44. The molecule has 1 aromatic carbocycles. The summed E-state index contributed by atoms with van der Waals surface area (Å²) in [5.41, 5.74) is 7.52. The molecule has 0 atom stereocenters. The molecule has 4 nitrogen and oxygen atoms in total. The average Bonchev–Trinajstić information content (AvgIpc) is 2.32. The van der Waals surface area contributed by atoms with Crippen molar-refractivity contribution in [2.24, 2.45) is 0 Å². The van der Waals surface area contributed by atoms with Gasteiger partial charge in [0.25, 0.3) is 0 Å². The fourth-order valence-corrected chi connectivity index (χ4v) is 1.58. The highest BCUT2D eigenvalue weighted by Crippen LogP contribution is 2.25. The Hall–Kier alpha value is -0.970. The summed E-state index contributed by atoms with van der Waals surface area (Å²) in [6.45, 7) is 2.61. The molecule has 0 saturated heterocycles. The van der Waals surface area contributed by atoms with E-state index < -0.39 is 0 Å². The van der Waals surface area contributed by atoms with Crippen LogP contribution in [0.15, 0.2) is 18.2 Å². The lowest BCUT2D eigenvalue weighted by atomic mass is 10.2. The van der Waals surface area contributed by atoms with Gasteiger partial charge in [-0.05, 0) is 18.2 Å². The second-order valence-electron chi connectivity index (χ2n) is 3.73. The average molecular weight is 259 g/mol. The van der Waals surface area contributed by atoms with Crippen LogP contribution in [0.5, 0.6) is 0 Å². The third-order valence-corrected chi connectivity index (χ3v) is 2.64. The number of halogens is 1. The van der Waals surface area contributed by atoms with Gasteiger partial charge in [-0.1, -0.05) is 11.6 Å². The van der Waals surface area contributed by atoms with Crippen molar-refractivity contribution in [1.82, 2.24) is 0 Å². The molecule has 0 aliphatic rings. The molecule has 1 rings (SSSR count). The summed E-state index contributed by atoms with van der Waals surface area (Å²) in [5, 5.41) is 0.682. The van der Waals surface area contributed by atoms with Gasteiger partial charge in [0.15, 0.2) is 0 Å². The van der Waals surface area contributed by atoms with E-state index in [-0.39, 0.29) is 0 Å². The summed E-state index contributed by atoms with van der Waals surface area (Å²) < 4.78 is 10.3.